The topological polar surface area (TPSA) is 184 Å². The van der Waals surface area contributed by atoms with Crippen LogP contribution in [0.1, 0.15) is 0 Å². The van der Waals surface area contributed by atoms with Gasteiger partial charge in [0.2, 0.25) is 0 Å². The minimum Gasteiger partial charge on any atom is -0.222 e. The molecule has 0 heterocycles. The van der Waals surface area contributed by atoms with Crippen LogP contribution >= 0.6 is 0 Å². The normalized spacial score (nSPS) is 10.0. The van der Waals surface area contributed by atoms with Crippen LogP contribution in [0.4, 0.5) is 0 Å². The average Bonchev–Trinajstić information content (AvgIpc) is 1.12. The molecule has 0 rings (SSSR count). The molecule has 0 aliphatic carbocycles. The molecule has 0 amide bonds. The Morgan fingerprint density at radius 2 is 0.500 bits per heavy atom. The van der Waals surface area contributed by atoms with Crippen molar-refractivity contribution in [3.05, 3.63) is 0 Å². The molecule has 0 unspecified atom stereocenters. The molecule has 0 spiro atoms. The minimum atomic E-state index is -4.94. The summed E-state index contributed by atoms with van der Waals surface area (Å²) < 4.78 is 67.9. The van der Waals surface area contributed by atoms with E-state index in [-0.39, 0.29) is 34.4 Å². The molecule has 0 aliphatic rings. The van der Waals surface area contributed by atoms with Crippen LogP contribution in [-0.2, 0) is 17.1 Å². The van der Waals surface area contributed by atoms with Crippen LogP contribution in [-0.4, -0.2) is 17.4 Å². The molecule has 8 nitrogen and oxygen atoms in total. The fraction of sp³-hybridized carbons (Fsp3) is 0. The average molecular weight is 289 g/mol. The van der Waals surface area contributed by atoms with Crippen molar-refractivity contribution in [2.75, 3.05) is 0 Å². The Hall–Kier alpha value is 1.31. The van der Waals surface area contributed by atoms with Crippen LogP contribution in [0.25, 0.3) is 0 Å². The molecule has 73 valence electrons. The van der Waals surface area contributed by atoms with E-state index in [1.54, 1.807) is 0 Å². The molecule has 12 heteroatoms. The van der Waals surface area contributed by atoms with Gasteiger partial charge >= 0.3 is 34.4 Å². The van der Waals surface area contributed by atoms with Crippen LogP contribution in [0.2, 0.25) is 0 Å². The molecular weight excluding hydrogens is 289 g/mol. The predicted molar refractivity (Wildman–Crippen MR) is 5.75 cm³/mol. The summed E-state index contributed by atoms with van der Waals surface area (Å²) in [7, 11) is -9.89. The zero-order chi connectivity index (χ0) is 9.00. The van der Waals surface area contributed by atoms with Crippen molar-refractivity contribution in [1.82, 2.24) is 0 Å². The zero-order valence-electron chi connectivity index (χ0n) is 4.90. The molecule has 12 heavy (non-hydrogen) atoms. The fourth-order valence-corrected chi connectivity index (χ4v) is 0. The third-order valence-corrected chi connectivity index (χ3v) is 0. The van der Waals surface area contributed by atoms with Gasteiger partial charge in [-0.05, 0) is 0 Å². The van der Waals surface area contributed by atoms with E-state index in [9.17, 15) is 0 Å². The van der Waals surface area contributed by atoms with Crippen LogP contribution < -0.4 is 37.3 Å². The molecule has 0 fully saturated rings. The van der Waals surface area contributed by atoms with Crippen molar-refractivity contribution in [2.45, 2.75) is 0 Å². The molecule has 0 saturated carbocycles. The molecule has 0 aliphatic heterocycles. The smallest absolute Gasteiger partial charge is 0.222 e. The second-order valence-corrected chi connectivity index (χ2v) is 2.27. The van der Waals surface area contributed by atoms with Gasteiger partial charge in [0, 0.05) is 0 Å². The Morgan fingerprint density at radius 3 is 0.500 bits per heavy atom. The molecule has 1 radical (unpaired) electrons. The number of hydrogen-bond acceptors (Lipinski definition) is 8. The summed E-state index contributed by atoms with van der Waals surface area (Å²) in [6, 6.07) is 0. The first-order chi connectivity index (χ1) is 4.00. The first-order valence-electron chi connectivity index (χ1n) is 1.23. The van der Waals surface area contributed by atoms with Crippen molar-refractivity contribution in [2.24, 2.45) is 0 Å². The molecular formula is AlCl2CuO8+3. The van der Waals surface area contributed by atoms with Gasteiger partial charge in [-0.25, -0.2) is 37.3 Å². The van der Waals surface area contributed by atoms with Gasteiger partial charge in [0.05, 0.1) is 0 Å². The van der Waals surface area contributed by atoms with Gasteiger partial charge in [-0.1, -0.05) is 0 Å². The number of rotatable bonds is 0. The van der Waals surface area contributed by atoms with Gasteiger partial charge in [0.1, 0.15) is 0 Å². The number of halogens is 2. The van der Waals surface area contributed by atoms with Crippen LogP contribution in [0.5, 0.6) is 0 Å². The quantitative estimate of drug-likeness (QED) is 0.393. The molecule has 0 saturated heterocycles. The monoisotopic (exact) mass is 288 g/mol. The van der Waals surface area contributed by atoms with Crippen molar-refractivity contribution >= 4 is 17.4 Å². The summed E-state index contributed by atoms with van der Waals surface area (Å²) in [5.41, 5.74) is 0. The maximum Gasteiger partial charge on any atom is 3.00 e. The molecule has 0 aromatic heterocycles. The van der Waals surface area contributed by atoms with Gasteiger partial charge in [0.25, 0.3) is 0 Å². The van der Waals surface area contributed by atoms with E-state index in [2.05, 4.69) is 0 Å². The van der Waals surface area contributed by atoms with Crippen LogP contribution in [0, 0.1) is 20.5 Å². The van der Waals surface area contributed by atoms with Crippen molar-refractivity contribution < 1.29 is 74.8 Å². The van der Waals surface area contributed by atoms with E-state index < -0.39 is 20.5 Å². The summed E-state index contributed by atoms with van der Waals surface area (Å²) in [6.07, 6.45) is 0. The molecule has 0 aromatic carbocycles. The van der Waals surface area contributed by atoms with Gasteiger partial charge in [0.15, 0.2) is 0 Å². The second-order valence-electron chi connectivity index (χ2n) is 0.756. The largest absolute Gasteiger partial charge is 3.00 e. The minimum absolute atomic E-state index is 0. The number of hydrogen-bond donors (Lipinski definition) is 0. The first kappa shape index (κ1) is 23.3. The Kier molecular flexibility index (Phi) is 17.2. The molecule has 0 N–H and O–H groups in total. The fourth-order valence-electron chi connectivity index (χ4n) is 0. The van der Waals surface area contributed by atoms with Gasteiger partial charge in [-0.2, -0.15) is 0 Å². The van der Waals surface area contributed by atoms with Gasteiger partial charge in [-0.15, -0.1) is 20.5 Å². The summed E-state index contributed by atoms with van der Waals surface area (Å²) in [4.78, 5) is 0. The van der Waals surface area contributed by atoms with E-state index in [0.717, 1.165) is 0 Å². The Balaban J connectivity index is -0.0000000457. The Morgan fingerprint density at radius 1 is 0.500 bits per heavy atom. The van der Waals surface area contributed by atoms with E-state index in [1.165, 1.54) is 0 Å². The summed E-state index contributed by atoms with van der Waals surface area (Å²) in [5.74, 6) is 0. The SMILES string of the molecule is [Al+3].[Cu+2].[O-][Cl+3]([O-])([O-])[O-].[O-][Cl+3]([O-])([O-])[O-]. The molecule has 0 aromatic rings. The molecule has 0 bridgehead atoms. The van der Waals surface area contributed by atoms with Crippen molar-refractivity contribution in [1.29, 1.82) is 0 Å². The zero-order valence-corrected chi connectivity index (χ0v) is 8.51. The van der Waals surface area contributed by atoms with Crippen LogP contribution in [0.15, 0.2) is 0 Å². The maximum absolute atomic E-state index is 8.49. The van der Waals surface area contributed by atoms with E-state index in [0.29, 0.717) is 0 Å². The second kappa shape index (κ2) is 8.89. The van der Waals surface area contributed by atoms with Gasteiger partial charge < -0.3 is 0 Å². The van der Waals surface area contributed by atoms with Crippen molar-refractivity contribution in [3.63, 3.8) is 0 Å². The Bertz CT molecular complexity index is 60.0. The first-order valence-corrected chi connectivity index (χ1v) is 3.70. The van der Waals surface area contributed by atoms with E-state index >= 15 is 0 Å². The Labute approximate surface area is 92.1 Å². The maximum atomic E-state index is 8.49. The third-order valence-electron chi connectivity index (χ3n) is 0. The van der Waals surface area contributed by atoms with Crippen molar-refractivity contribution in [3.8, 4) is 0 Å². The summed E-state index contributed by atoms with van der Waals surface area (Å²) in [6.45, 7) is 0. The van der Waals surface area contributed by atoms with E-state index in [1.807, 2.05) is 0 Å². The third kappa shape index (κ3) is 699. The summed E-state index contributed by atoms with van der Waals surface area (Å²) >= 11 is 0. The van der Waals surface area contributed by atoms with Gasteiger partial charge in [-0.3, -0.25) is 0 Å². The summed E-state index contributed by atoms with van der Waals surface area (Å²) in [5, 5.41) is 0. The van der Waals surface area contributed by atoms with Crippen LogP contribution in [0.3, 0.4) is 0 Å². The standard InChI is InChI=1S/Al.2ClHO4.Cu/c;2*2-1(3,4)5;/h;2*(H,2,3,4,5);/q+3;;;+2/p-2. The molecule has 0 atom stereocenters. The van der Waals surface area contributed by atoms with E-state index in [4.69, 9.17) is 37.3 Å². The predicted octanol–water partition coefficient (Wildman–Crippen LogP) is -9.90.